The molecule has 0 aliphatic carbocycles. The van der Waals surface area contributed by atoms with Crippen molar-refractivity contribution < 1.29 is 14.3 Å². The standard InChI is InChI=1S/C19H21BrN2O3/c1-13(19(24)25-12-14-7-5-4-6-8-14)21-18(23)15-9-16(20)11-17(10-15)22(2)3/h4-11,13H,12H2,1-3H3,(H,21,23). The third kappa shape index (κ3) is 5.60. The molecule has 0 bridgehead atoms. The Morgan fingerprint density at radius 2 is 1.84 bits per heavy atom. The zero-order valence-corrected chi connectivity index (χ0v) is 16.0. The van der Waals surface area contributed by atoms with Crippen LogP contribution >= 0.6 is 15.9 Å². The Kier molecular flexibility index (Phi) is 6.58. The number of nitrogens with zero attached hydrogens (tertiary/aromatic N) is 1. The molecule has 0 aliphatic rings. The van der Waals surface area contributed by atoms with Crippen LogP contribution in [0.25, 0.3) is 0 Å². The maximum atomic E-state index is 12.4. The lowest BCUT2D eigenvalue weighted by Crippen LogP contribution is -2.39. The first-order valence-electron chi connectivity index (χ1n) is 7.86. The molecule has 2 aromatic carbocycles. The minimum absolute atomic E-state index is 0.182. The van der Waals surface area contributed by atoms with Gasteiger partial charge < -0.3 is 15.0 Å². The Labute approximate surface area is 156 Å². The monoisotopic (exact) mass is 404 g/mol. The molecule has 2 rings (SSSR count). The number of hydrogen-bond donors (Lipinski definition) is 1. The van der Waals surface area contributed by atoms with Crippen LogP contribution in [0.2, 0.25) is 0 Å². The SMILES string of the molecule is CC(NC(=O)c1cc(Br)cc(N(C)C)c1)C(=O)OCc1ccccc1. The van der Waals surface area contributed by atoms with E-state index in [-0.39, 0.29) is 12.5 Å². The van der Waals surface area contributed by atoms with E-state index in [2.05, 4.69) is 21.2 Å². The van der Waals surface area contributed by atoms with Crippen molar-refractivity contribution in [2.24, 2.45) is 0 Å². The highest BCUT2D eigenvalue weighted by Crippen LogP contribution is 2.21. The first kappa shape index (κ1) is 19.0. The van der Waals surface area contributed by atoms with Gasteiger partial charge in [-0.1, -0.05) is 46.3 Å². The molecule has 25 heavy (non-hydrogen) atoms. The Morgan fingerprint density at radius 1 is 1.16 bits per heavy atom. The normalized spacial score (nSPS) is 11.5. The van der Waals surface area contributed by atoms with Gasteiger partial charge in [-0.05, 0) is 30.7 Å². The number of hydrogen-bond acceptors (Lipinski definition) is 4. The quantitative estimate of drug-likeness (QED) is 0.749. The minimum atomic E-state index is -0.738. The van der Waals surface area contributed by atoms with Gasteiger partial charge in [0.2, 0.25) is 0 Å². The smallest absolute Gasteiger partial charge is 0.328 e. The summed E-state index contributed by atoms with van der Waals surface area (Å²) in [6, 6.07) is 14.1. The van der Waals surface area contributed by atoms with Crippen LogP contribution in [0.5, 0.6) is 0 Å². The summed E-state index contributed by atoms with van der Waals surface area (Å²) in [5.74, 6) is -0.798. The van der Waals surface area contributed by atoms with Crippen LogP contribution < -0.4 is 10.2 Å². The zero-order valence-electron chi connectivity index (χ0n) is 14.5. The Hall–Kier alpha value is -2.34. The van der Waals surface area contributed by atoms with Crippen molar-refractivity contribution in [3.63, 3.8) is 0 Å². The number of benzene rings is 2. The Morgan fingerprint density at radius 3 is 2.48 bits per heavy atom. The van der Waals surface area contributed by atoms with E-state index in [0.29, 0.717) is 5.56 Å². The molecule has 6 heteroatoms. The van der Waals surface area contributed by atoms with Crippen LogP contribution in [0, 0.1) is 0 Å². The Bertz CT molecular complexity index is 748. The van der Waals surface area contributed by atoms with Crippen LogP contribution in [0.1, 0.15) is 22.8 Å². The van der Waals surface area contributed by atoms with Crippen molar-refractivity contribution in [1.29, 1.82) is 0 Å². The van der Waals surface area contributed by atoms with Gasteiger partial charge in [-0.15, -0.1) is 0 Å². The lowest BCUT2D eigenvalue weighted by molar-refractivity contribution is -0.146. The molecule has 0 aliphatic heterocycles. The molecule has 1 amide bonds. The minimum Gasteiger partial charge on any atom is -0.459 e. The van der Waals surface area contributed by atoms with Crippen molar-refractivity contribution in [2.75, 3.05) is 19.0 Å². The molecule has 1 atom stereocenters. The molecule has 1 unspecified atom stereocenters. The maximum absolute atomic E-state index is 12.4. The third-order valence-corrected chi connectivity index (χ3v) is 4.04. The molecule has 0 spiro atoms. The first-order chi connectivity index (χ1) is 11.9. The van der Waals surface area contributed by atoms with E-state index in [1.54, 1.807) is 19.1 Å². The van der Waals surface area contributed by atoms with Gasteiger partial charge >= 0.3 is 5.97 Å². The van der Waals surface area contributed by atoms with E-state index >= 15 is 0 Å². The number of rotatable bonds is 6. The van der Waals surface area contributed by atoms with E-state index in [4.69, 9.17) is 4.74 Å². The summed E-state index contributed by atoms with van der Waals surface area (Å²) >= 11 is 3.40. The Balaban J connectivity index is 1.96. The van der Waals surface area contributed by atoms with Gasteiger partial charge in [-0.2, -0.15) is 0 Å². The van der Waals surface area contributed by atoms with Crippen LogP contribution in [0.15, 0.2) is 53.0 Å². The number of anilines is 1. The molecule has 0 saturated carbocycles. The van der Waals surface area contributed by atoms with Crippen LogP contribution in [-0.2, 0) is 16.1 Å². The average molecular weight is 405 g/mol. The molecule has 1 N–H and O–H groups in total. The van der Waals surface area contributed by atoms with Gasteiger partial charge in [0.1, 0.15) is 12.6 Å². The van der Waals surface area contributed by atoms with Crippen LogP contribution in [0.3, 0.4) is 0 Å². The van der Waals surface area contributed by atoms with E-state index in [0.717, 1.165) is 15.7 Å². The highest BCUT2D eigenvalue weighted by atomic mass is 79.9. The molecule has 0 radical (unpaired) electrons. The number of halogens is 1. The zero-order chi connectivity index (χ0) is 18.4. The van der Waals surface area contributed by atoms with Gasteiger partial charge in [0.05, 0.1) is 0 Å². The van der Waals surface area contributed by atoms with Gasteiger partial charge in [-0.25, -0.2) is 4.79 Å². The fourth-order valence-electron chi connectivity index (χ4n) is 2.16. The largest absolute Gasteiger partial charge is 0.459 e. The summed E-state index contributed by atoms with van der Waals surface area (Å²) in [7, 11) is 3.79. The summed E-state index contributed by atoms with van der Waals surface area (Å²) in [6.07, 6.45) is 0. The number of esters is 1. The van der Waals surface area contributed by atoms with Crippen molar-refractivity contribution >= 4 is 33.5 Å². The first-order valence-corrected chi connectivity index (χ1v) is 8.65. The molecule has 2 aromatic rings. The van der Waals surface area contributed by atoms with Crippen LogP contribution in [-0.4, -0.2) is 32.0 Å². The lowest BCUT2D eigenvalue weighted by Gasteiger charge is -2.16. The summed E-state index contributed by atoms with van der Waals surface area (Å²) in [5.41, 5.74) is 2.26. The number of carbonyl (C=O) groups is 2. The predicted octanol–water partition coefficient (Wildman–Crippen LogP) is 3.38. The molecular formula is C19H21BrN2O3. The van der Waals surface area contributed by atoms with Crippen molar-refractivity contribution in [3.8, 4) is 0 Å². The molecule has 0 fully saturated rings. The molecule has 0 aromatic heterocycles. The summed E-state index contributed by atoms with van der Waals surface area (Å²) < 4.78 is 6.04. The van der Waals surface area contributed by atoms with E-state index in [9.17, 15) is 9.59 Å². The van der Waals surface area contributed by atoms with Crippen molar-refractivity contribution in [3.05, 3.63) is 64.1 Å². The molecule has 0 heterocycles. The summed E-state index contributed by atoms with van der Waals surface area (Å²) in [6.45, 7) is 1.79. The third-order valence-electron chi connectivity index (χ3n) is 3.59. The predicted molar refractivity (Wildman–Crippen MR) is 102 cm³/mol. The average Bonchev–Trinajstić information content (AvgIpc) is 2.59. The number of amides is 1. The molecule has 132 valence electrons. The van der Waals surface area contributed by atoms with E-state index in [1.165, 1.54) is 0 Å². The molecular weight excluding hydrogens is 384 g/mol. The van der Waals surface area contributed by atoms with Crippen molar-refractivity contribution in [2.45, 2.75) is 19.6 Å². The van der Waals surface area contributed by atoms with Gasteiger partial charge in [0.25, 0.3) is 5.91 Å². The second-order valence-electron chi connectivity index (χ2n) is 5.88. The second-order valence-corrected chi connectivity index (χ2v) is 6.80. The second kappa shape index (κ2) is 8.67. The van der Waals surface area contributed by atoms with Crippen molar-refractivity contribution in [1.82, 2.24) is 5.32 Å². The lowest BCUT2D eigenvalue weighted by atomic mass is 10.1. The van der Waals surface area contributed by atoms with Gasteiger partial charge in [0, 0.05) is 29.8 Å². The molecule has 5 nitrogen and oxygen atoms in total. The van der Waals surface area contributed by atoms with E-state index in [1.807, 2.05) is 55.4 Å². The van der Waals surface area contributed by atoms with Gasteiger partial charge in [0.15, 0.2) is 0 Å². The van der Waals surface area contributed by atoms with Crippen LogP contribution in [0.4, 0.5) is 5.69 Å². The van der Waals surface area contributed by atoms with E-state index < -0.39 is 12.0 Å². The fourth-order valence-corrected chi connectivity index (χ4v) is 2.64. The van der Waals surface area contributed by atoms with Gasteiger partial charge in [-0.3, -0.25) is 4.79 Å². The maximum Gasteiger partial charge on any atom is 0.328 e. The highest BCUT2D eigenvalue weighted by molar-refractivity contribution is 9.10. The number of ether oxygens (including phenoxy) is 1. The topological polar surface area (TPSA) is 58.6 Å². The number of nitrogens with one attached hydrogen (secondary N) is 1. The molecule has 0 saturated heterocycles. The highest BCUT2D eigenvalue weighted by Gasteiger charge is 2.19. The fraction of sp³-hybridized carbons (Fsp3) is 0.263. The number of carbonyl (C=O) groups excluding carboxylic acids is 2. The summed E-state index contributed by atoms with van der Waals surface area (Å²) in [5, 5.41) is 2.67. The summed E-state index contributed by atoms with van der Waals surface area (Å²) in [4.78, 5) is 26.4.